The Morgan fingerprint density at radius 1 is 0.526 bits per heavy atom. The highest BCUT2D eigenvalue weighted by Crippen LogP contribution is 2.08. The van der Waals surface area contributed by atoms with E-state index in [1.54, 1.807) is 0 Å². The van der Waals surface area contributed by atoms with Crippen molar-refractivity contribution in [2.45, 2.75) is 0 Å². The van der Waals surface area contributed by atoms with Crippen LogP contribution < -0.4 is 17.2 Å². The second kappa shape index (κ2) is 6.75. The molecule has 0 radical (unpaired) electrons. The van der Waals surface area contributed by atoms with Crippen molar-refractivity contribution in [1.29, 1.82) is 0 Å². The summed E-state index contributed by atoms with van der Waals surface area (Å²) in [6, 6.07) is -2.12. The van der Waals surface area contributed by atoms with E-state index in [9.17, 15) is 0 Å². The number of rotatable bonds is 0. The van der Waals surface area contributed by atoms with Crippen LogP contribution in [0.4, 0.5) is 17.8 Å². The number of hydrogen-bond donors (Lipinski definition) is 6. The van der Waals surface area contributed by atoms with Crippen LogP contribution in [-0.2, 0) is 0 Å². The van der Waals surface area contributed by atoms with Crippen LogP contribution >= 0.6 is 12.4 Å². The summed E-state index contributed by atoms with van der Waals surface area (Å²) in [6.45, 7) is 0. The lowest BCUT2D eigenvalue weighted by atomic mass is 10.9. The molecule has 0 aliphatic heterocycles. The fraction of sp³-hybridized carbons (Fsp3) is 0. The molecule has 9 N–H and O–H groups in total. The number of hydrogen-bond acceptors (Lipinski definition) is 12. The minimum atomic E-state index is -0.708. The zero-order valence-electron chi connectivity index (χ0n) is 9.17. The molecule has 0 fully saturated rings. The van der Waals surface area contributed by atoms with Crippen molar-refractivity contribution in [2.75, 3.05) is 17.2 Å². The van der Waals surface area contributed by atoms with Crippen molar-refractivity contribution >= 4 is 30.3 Å². The third-order valence-corrected chi connectivity index (χ3v) is 1.29. The fourth-order valence-corrected chi connectivity index (χ4v) is 0.770. The molecule has 2 aromatic heterocycles. The van der Waals surface area contributed by atoms with E-state index in [1.807, 2.05) is 0 Å². The molecule has 0 aliphatic carbocycles. The van der Waals surface area contributed by atoms with E-state index >= 15 is 0 Å². The Hall–Kier alpha value is -2.89. The van der Waals surface area contributed by atoms with Crippen molar-refractivity contribution in [1.82, 2.24) is 29.9 Å². The van der Waals surface area contributed by atoms with Gasteiger partial charge in [-0.3, -0.25) is 0 Å². The van der Waals surface area contributed by atoms with Gasteiger partial charge in [0.1, 0.15) is 0 Å². The van der Waals surface area contributed by atoms with Gasteiger partial charge in [0.25, 0.3) is 0 Å². The minimum absolute atomic E-state index is 0. The molecule has 2 aromatic rings. The molecule has 0 amide bonds. The minimum Gasteiger partial charge on any atom is -0.479 e. The summed E-state index contributed by atoms with van der Waals surface area (Å²) in [4.78, 5) is 19.4. The molecular formula is C6H10ClN9O3. The van der Waals surface area contributed by atoms with E-state index in [-0.39, 0.29) is 30.3 Å². The van der Waals surface area contributed by atoms with Gasteiger partial charge in [0.15, 0.2) is 0 Å². The smallest absolute Gasteiger partial charge is 0.323 e. The van der Waals surface area contributed by atoms with Crippen molar-refractivity contribution in [3.63, 3.8) is 0 Å². The first-order chi connectivity index (χ1) is 8.36. The maximum Gasteiger partial charge on any atom is 0.323 e. The molecule has 0 saturated carbocycles. The zero-order valence-corrected chi connectivity index (χ0v) is 9.98. The average molecular weight is 292 g/mol. The first-order valence-electron chi connectivity index (χ1n) is 4.22. The molecule has 0 saturated heterocycles. The number of nitrogen functional groups attached to an aromatic ring is 3. The maximum atomic E-state index is 8.41. The number of aromatic hydroxyl groups is 3. The maximum absolute atomic E-state index is 8.41. The van der Waals surface area contributed by atoms with Gasteiger partial charge < -0.3 is 32.5 Å². The monoisotopic (exact) mass is 291 g/mol. The lowest BCUT2D eigenvalue weighted by molar-refractivity contribution is 0.344. The normalized spacial score (nSPS) is 8.84. The number of anilines is 3. The van der Waals surface area contributed by atoms with Gasteiger partial charge in [-0.15, -0.1) is 27.4 Å². The molecular weight excluding hydrogens is 282 g/mol. The number of halogens is 1. The topological polar surface area (TPSA) is 216 Å². The molecule has 104 valence electrons. The predicted octanol–water partition coefficient (Wildman–Crippen LogP) is -1.97. The molecule has 2 rings (SSSR count). The molecule has 0 unspecified atom stereocenters. The van der Waals surface area contributed by atoms with Gasteiger partial charge in [-0.05, 0) is 0 Å². The third-order valence-electron chi connectivity index (χ3n) is 1.29. The highest BCUT2D eigenvalue weighted by Gasteiger charge is 1.99. The zero-order chi connectivity index (χ0) is 13.7. The molecule has 0 aromatic carbocycles. The highest BCUT2D eigenvalue weighted by molar-refractivity contribution is 5.85. The molecule has 0 atom stereocenters. The summed E-state index contributed by atoms with van der Waals surface area (Å²) in [6.07, 6.45) is 0. The van der Waals surface area contributed by atoms with Gasteiger partial charge in [-0.1, -0.05) is 0 Å². The third kappa shape index (κ3) is 5.83. The number of nitrogens with two attached hydrogens (primary N) is 3. The molecule has 13 heteroatoms. The molecule has 0 aliphatic rings. The van der Waals surface area contributed by atoms with Crippen LogP contribution in [-0.4, -0.2) is 45.2 Å². The quantitative estimate of drug-likeness (QED) is 0.311. The SMILES string of the molecule is Cl.Nc1nc(N)nc(N)n1.Oc1nc(O)nc(O)n1. The summed E-state index contributed by atoms with van der Waals surface area (Å²) < 4.78 is 0. The summed E-state index contributed by atoms with van der Waals surface area (Å²) in [5, 5.41) is 25.2. The lowest BCUT2D eigenvalue weighted by Gasteiger charge is -1.93. The second-order valence-electron chi connectivity index (χ2n) is 2.65. The predicted molar refractivity (Wildman–Crippen MR) is 65.1 cm³/mol. The van der Waals surface area contributed by atoms with Crippen molar-refractivity contribution in [2.24, 2.45) is 0 Å². The summed E-state index contributed by atoms with van der Waals surface area (Å²) in [5.74, 6) is 0.125. The highest BCUT2D eigenvalue weighted by atomic mass is 35.5. The Morgan fingerprint density at radius 3 is 0.947 bits per heavy atom. The Morgan fingerprint density at radius 2 is 0.737 bits per heavy atom. The van der Waals surface area contributed by atoms with Gasteiger partial charge in [-0.25, -0.2) is 0 Å². The molecule has 19 heavy (non-hydrogen) atoms. The number of nitrogens with zero attached hydrogens (tertiary/aromatic N) is 6. The summed E-state index contributed by atoms with van der Waals surface area (Å²) in [7, 11) is 0. The van der Waals surface area contributed by atoms with Gasteiger partial charge in [-0.2, -0.15) is 15.0 Å². The van der Waals surface area contributed by atoms with Gasteiger partial charge >= 0.3 is 18.0 Å². The Labute approximate surface area is 111 Å². The molecule has 2 heterocycles. The van der Waals surface area contributed by atoms with E-state index in [1.165, 1.54) is 0 Å². The van der Waals surface area contributed by atoms with Crippen LogP contribution in [0.15, 0.2) is 0 Å². The van der Waals surface area contributed by atoms with Crippen molar-refractivity contribution in [3.05, 3.63) is 0 Å². The van der Waals surface area contributed by atoms with E-state index in [0.29, 0.717) is 0 Å². The first kappa shape index (κ1) is 16.1. The van der Waals surface area contributed by atoms with Crippen molar-refractivity contribution < 1.29 is 15.3 Å². The van der Waals surface area contributed by atoms with Gasteiger partial charge in [0.2, 0.25) is 17.8 Å². The van der Waals surface area contributed by atoms with Gasteiger partial charge in [0, 0.05) is 0 Å². The summed E-state index contributed by atoms with van der Waals surface area (Å²) in [5.41, 5.74) is 15.4. The molecule has 12 nitrogen and oxygen atoms in total. The van der Waals surface area contributed by atoms with Crippen molar-refractivity contribution in [3.8, 4) is 18.0 Å². The van der Waals surface area contributed by atoms with Crippen LogP contribution in [0.5, 0.6) is 18.0 Å². The van der Waals surface area contributed by atoms with Crippen LogP contribution in [0.25, 0.3) is 0 Å². The molecule has 0 bridgehead atoms. The van der Waals surface area contributed by atoms with E-state index in [2.05, 4.69) is 29.9 Å². The summed E-state index contributed by atoms with van der Waals surface area (Å²) >= 11 is 0. The standard InChI is InChI=1S/C3H6N6.C3H3N3O3.ClH/c4-1-7-2(5)9-3(6)8-1;7-1-4-2(8)6-3(9)5-1;/h(H6,4,5,6,7,8,9);(H3,4,5,6,7,8,9);1H. The first-order valence-corrected chi connectivity index (χ1v) is 4.22. The van der Waals surface area contributed by atoms with Crippen LogP contribution in [0.2, 0.25) is 0 Å². The average Bonchev–Trinajstić information content (AvgIpc) is 2.12. The number of aromatic nitrogens is 6. The lowest BCUT2D eigenvalue weighted by Crippen LogP contribution is -2.05. The Bertz CT molecular complexity index is 403. The second-order valence-corrected chi connectivity index (χ2v) is 2.65. The van der Waals surface area contributed by atoms with Gasteiger partial charge in [0.05, 0.1) is 0 Å². The van der Waals surface area contributed by atoms with Crippen LogP contribution in [0, 0.1) is 0 Å². The fourth-order valence-electron chi connectivity index (χ4n) is 0.770. The molecule has 0 spiro atoms. The Balaban J connectivity index is 0.000000324. The van der Waals surface area contributed by atoms with E-state index in [0.717, 1.165) is 0 Å². The van der Waals surface area contributed by atoms with E-state index < -0.39 is 18.0 Å². The Kier molecular flexibility index (Phi) is 5.72. The largest absolute Gasteiger partial charge is 0.479 e. The van der Waals surface area contributed by atoms with E-state index in [4.69, 9.17) is 32.5 Å². The van der Waals surface area contributed by atoms with Crippen LogP contribution in [0.3, 0.4) is 0 Å². The van der Waals surface area contributed by atoms with Crippen LogP contribution in [0.1, 0.15) is 0 Å².